The molecule has 0 aromatic heterocycles. The van der Waals surface area contributed by atoms with Crippen LogP contribution in [0, 0.1) is 5.92 Å². The highest BCUT2D eigenvalue weighted by Crippen LogP contribution is 2.26. The molecule has 1 N–H and O–H groups in total. The zero-order chi connectivity index (χ0) is 14.9. The molecule has 1 aliphatic rings. The van der Waals surface area contributed by atoms with E-state index >= 15 is 0 Å². The van der Waals surface area contributed by atoms with E-state index in [0.29, 0.717) is 6.04 Å². The molecule has 0 aliphatic heterocycles. The SMILES string of the molecule is CCCCN(CC1CCCCCC1NC)c1ccccc1. The molecule has 2 nitrogen and oxygen atoms in total. The van der Waals surface area contributed by atoms with Crippen LogP contribution in [0.5, 0.6) is 0 Å². The average molecular weight is 288 g/mol. The van der Waals surface area contributed by atoms with Crippen molar-refractivity contribution in [1.29, 1.82) is 0 Å². The van der Waals surface area contributed by atoms with Gasteiger partial charge in [0.25, 0.3) is 0 Å². The van der Waals surface area contributed by atoms with Gasteiger partial charge in [-0.15, -0.1) is 0 Å². The Balaban J connectivity index is 2.05. The lowest BCUT2D eigenvalue weighted by Gasteiger charge is -2.33. The van der Waals surface area contributed by atoms with Crippen molar-refractivity contribution in [3.63, 3.8) is 0 Å². The van der Waals surface area contributed by atoms with Crippen LogP contribution in [0.4, 0.5) is 5.69 Å². The van der Waals surface area contributed by atoms with Gasteiger partial charge in [-0.25, -0.2) is 0 Å². The van der Waals surface area contributed by atoms with Crippen LogP contribution in [-0.2, 0) is 0 Å². The third-order valence-corrected chi connectivity index (χ3v) is 4.89. The molecule has 0 radical (unpaired) electrons. The number of benzene rings is 1. The molecule has 1 aromatic rings. The number of hydrogen-bond acceptors (Lipinski definition) is 2. The van der Waals surface area contributed by atoms with E-state index in [9.17, 15) is 0 Å². The van der Waals surface area contributed by atoms with Crippen molar-refractivity contribution in [2.45, 2.75) is 57.9 Å². The molecule has 2 rings (SSSR count). The van der Waals surface area contributed by atoms with Crippen molar-refractivity contribution in [3.8, 4) is 0 Å². The second kappa shape index (κ2) is 9.09. The highest BCUT2D eigenvalue weighted by Gasteiger charge is 2.24. The number of anilines is 1. The summed E-state index contributed by atoms with van der Waals surface area (Å²) in [6, 6.07) is 11.7. The summed E-state index contributed by atoms with van der Waals surface area (Å²) in [5.74, 6) is 0.787. The Morgan fingerprint density at radius 1 is 1.10 bits per heavy atom. The summed E-state index contributed by atoms with van der Waals surface area (Å²) in [7, 11) is 2.14. The maximum absolute atomic E-state index is 3.58. The maximum Gasteiger partial charge on any atom is 0.0366 e. The molecular weight excluding hydrogens is 256 g/mol. The van der Waals surface area contributed by atoms with E-state index in [0.717, 1.165) is 5.92 Å². The first-order valence-corrected chi connectivity index (χ1v) is 8.82. The highest BCUT2D eigenvalue weighted by atomic mass is 15.1. The summed E-state index contributed by atoms with van der Waals surface area (Å²) in [6.45, 7) is 4.67. The van der Waals surface area contributed by atoms with E-state index in [1.165, 1.54) is 63.7 Å². The minimum Gasteiger partial charge on any atom is -0.371 e. The fraction of sp³-hybridized carbons (Fsp3) is 0.684. The van der Waals surface area contributed by atoms with Crippen LogP contribution in [0.1, 0.15) is 51.9 Å². The lowest BCUT2D eigenvalue weighted by atomic mass is 9.94. The normalized spacial score (nSPS) is 22.8. The first-order valence-electron chi connectivity index (χ1n) is 8.82. The van der Waals surface area contributed by atoms with Crippen LogP contribution in [0.15, 0.2) is 30.3 Å². The number of rotatable bonds is 7. The zero-order valence-electron chi connectivity index (χ0n) is 13.9. The highest BCUT2D eigenvalue weighted by molar-refractivity contribution is 5.46. The van der Waals surface area contributed by atoms with E-state index in [-0.39, 0.29) is 0 Å². The molecule has 0 heterocycles. The van der Waals surface area contributed by atoms with Gasteiger partial charge in [0.15, 0.2) is 0 Å². The Labute approximate surface area is 130 Å². The number of hydrogen-bond donors (Lipinski definition) is 1. The van der Waals surface area contributed by atoms with E-state index in [2.05, 4.69) is 54.5 Å². The molecule has 1 saturated carbocycles. The second-order valence-electron chi connectivity index (χ2n) is 6.43. The van der Waals surface area contributed by atoms with Crippen LogP contribution in [0.3, 0.4) is 0 Å². The Hall–Kier alpha value is -1.02. The quantitative estimate of drug-likeness (QED) is 0.745. The maximum atomic E-state index is 3.58. The van der Waals surface area contributed by atoms with Crippen molar-refractivity contribution in [2.75, 3.05) is 25.0 Å². The minimum absolute atomic E-state index is 0.695. The summed E-state index contributed by atoms with van der Waals surface area (Å²) >= 11 is 0. The minimum atomic E-state index is 0.695. The summed E-state index contributed by atoms with van der Waals surface area (Å²) in [5.41, 5.74) is 1.39. The van der Waals surface area contributed by atoms with E-state index in [4.69, 9.17) is 0 Å². The number of unbranched alkanes of at least 4 members (excludes halogenated alkanes) is 1. The van der Waals surface area contributed by atoms with E-state index in [1.54, 1.807) is 0 Å². The third-order valence-electron chi connectivity index (χ3n) is 4.89. The molecule has 21 heavy (non-hydrogen) atoms. The topological polar surface area (TPSA) is 15.3 Å². The van der Waals surface area contributed by atoms with Gasteiger partial charge in [-0.2, -0.15) is 0 Å². The summed E-state index contributed by atoms with van der Waals surface area (Å²) in [4.78, 5) is 2.61. The predicted octanol–water partition coefficient (Wildman–Crippen LogP) is 4.46. The van der Waals surface area contributed by atoms with Gasteiger partial charge in [0.2, 0.25) is 0 Å². The molecule has 1 fully saturated rings. The molecule has 0 amide bonds. The van der Waals surface area contributed by atoms with Gasteiger partial charge >= 0.3 is 0 Å². The van der Waals surface area contributed by atoms with E-state index < -0.39 is 0 Å². The Bertz CT molecular complexity index is 376. The number of nitrogens with zero attached hydrogens (tertiary/aromatic N) is 1. The lowest BCUT2D eigenvalue weighted by molar-refractivity contribution is 0.351. The van der Waals surface area contributed by atoms with Gasteiger partial charge in [0.1, 0.15) is 0 Å². The first-order chi connectivity index (χ1) is 10.3. The van der Waals surface area contributed by atoms with Crippen LogP contribution in [-0.4, -0.2) is 26.2 Å². The van der Waals surface area contributed by atoms with Crippen LogP contribution >= 0.6 is 0 Å². The standard InChI is InChI=1S/C19H32N2/c1-3-4-15-21(18-12-8-6-9-13-18)16-17-11-7-5-10-14-19(17)20-2/h6,8-9,12-13,17,19-20H,3-5,7,10-11,14-16H2,1-2H3. The summed E-state index contributed by atoms with van der Waals surface area (Å²) in [5, 5.41) is 3.58. The molecule has 1 aromatic carbocycles. The fourth-order valence-electron chi connectivity index (χ4n) is 3.58. The molecule has 0 bridgehead atoms. The van der Waals surface area contributed by atoms with Gasteiger partial charge in [0, 0.05) is 24.8 Å². The number of nitrogens with one attached hydrogen (secondary N) is 1. The molecule has 1 aliphatic carbocycles. The molecular formula is C19H32N2. The smallest absolute Gasteiger partial charge is 0.0366 e. The van der Waals surface area contributed by atoms with Gasteiger partial charge in [0.05, 0.1) is 0 Å². The summed E-state index contributed by atoms with van der Waals surface area (Å²) < 4.78 is 0. The Kier molecular flexibility index (Phi) is 7.08. The van der Waals surface area contributed by atoms with Crippen molar-refractivity contribution < 1.29 is 0 Å². The van der Waals surface area contributed by atoms with Crippen molar-refractivity contribution in [1.82, 2.24) is 5.32 Å². The van der Waals surface area contributed by atoms with Gasteiger partial charge in [-0.1, -0.05) is 50.8 Å². The van der Waals surface area contributed by atoms with Gasteiger partial charge in [-0.3, -0.25) is 0 Å². The monoisotopic (exact) mass is 288 g/mol. The van der Waals surface area contributed by atoms with Gasteiger partial charge in [-0.05, 0) is 44.4 Å². The van der Waals surface area contributed by atoms with Gasteiger partial charge < -0.3 is 10.2 Å². The summed E-state index contributed by atoms with van der Waals surface area (Å²) in [6.07, 6.45) is 9.48. The molecule has 0 spiro atoms. The molecule has 2 atom stereocenters. The molecule has 2 unspecified atom stereocenters. The van der Waals surface area contributed by atoms with E-state index in [1.807, 2.05) is 0 Å². The predicted molar refractivity (Wildman–Crippen MR) is 93.0 cm³/mol. The zero-order valence-corrected chi connectivity index (χ0v) is 13.9. The lowest BCUT2D eigenvalue weighted by Crippen LogP contribution is -2.41. The van der Waals surface area contributed by atoms with Crippen LogP contribution in [0.25, 0.3) is 0 Å². The molecule has 2 heteroatoms. The second-order valence-corrected chi connectivity index (χ2v) is 6.43. The largest absolute Gasteiger partial charge is 0.371 e. The molecule has 118 valence electrons. The molecule has 0 saturated heterocycles. The average Bonchev–Trinajstić information content (AvgIpc) is 2.77. The number of para-hydroxylation sites is 1. The van der Waals surface area contributed by atoms with Crippen LogP contribution in [0.2, 0.25) is 0 Å². The van der Waals surface area contributed by atoms with Crippen molar-refractivity contribution >= 4 is 5.69 Å². The van der Waals surface area contributed by atoms with Crippen molar-refractivity contribution in [2.24, 2.45) is 5.92 Å². The fourth-order valence-corrected chi connectivity index (χ4v) is 3.58. The third kappa shape index (κ3) is 5.03. The van der Waals surface area contributed by atoms with Crippen LogP contribution < -0.4 is 10.2 Å². The Morgan fingerprint density at radius 2 is 1.86 bits per heavy atom. The first kappa shape index (κ1) is 16.4. The van der Waals surface area contributed by atoms with Crippen molar-refractivity contribution in [3.05, 3.63) is 30.3 Å². The Morgan fingerprint density at radius 3 is 2.57 bits per heavy atom.